The minimum absolute atomic E-state index is 0.0888. The second kappa shape index (κ2) is 8.15. The molecule has 0 bridgehead atoms. The van der Waals surface area contributed by atoms with Crippen LogP contribution in [0.1, 0.15) is 19.4 Å². The summed E-state index contributed by atoms with van der Waals surface area (Å²) in [6, 6.07) is 8.08. The zero-order valence-electron chi connectivity index (χ0n) is 14.7. The number of likely N-dealkylation sites (N-methyl/N-ethyl adjacent to an activating group) is 1. The first-order valence-corrected chi connectivity index (χ1v) is 8.93. The summed E-state index contributed by atoms with van der Waals surface area (Å²) in [5, 5.41) is 9.27. The molecule has 0 aliphatic heterocycles. The van der Waals surface area contributed by atoms with Crippen molar-refractivity contribution in [2.45, 2.75) is 25.9 Å². The first kappa shape index (κ1) is 18.3. The molecule has 0 saturated carbocycles. The summed E-state index contributed by atoms with van der Waals surface area (Å²) in [7, 11) is 1.93. The summed E-state index contributed by atoms with van der Waals surface area (Å²) >= 11 is 1.42. The van der Waals surface area contributed by atoms with Crippen molar-refractivity contribution in [2.24, 2.45) is 7.05 Å². The summed E-state index contributed by atoms with van der Waals surface area (Å²) in [6.45, 7) is 11.1. The third-order valence-corrected chi connectivity index (χ3v) is 4.75. The van der Waals surface area contributed by atoms with E-state index < -0.39 is 0 Å². The molecule has 0 N–H and O–H groups in total. The molecule has 1 aromatic heterocycles. The maximum absolute atomic E-state index is 12.3. The van der Waals surface area contributed by atoms with Crippen molar-refractivity contribution in [3.8, 4) is 11.4 Å². The van der Waals surface area contributed by atoms with Gasteiger partial charge in [-0.25, -0.2) is 0 Å². The monoisotopic (exact) mass is 344 g/mol. The van der Waals surface area contributed by atoms with Gasteiger partial charge >= 0.3 is 0 Å². The van der Waals surface area contributed by atoms with Crippen LogP contribution in [0.4, 0.5) is 0 Å². The van der Waals surface area contributed by atoms with E-state index in [9.17, 15) is 4.79 Å². The van der Waals surface area contributed by atoms with Gasteiger partial charge in [0.1, 0.15) is 0 Å². The molecule has 0 aliphatic rings. The fourth-order valence-corrected chi connectivity index (χ4v) is 3.23. The van der Waals surface area contributed by atoms with Gasteiger partial charge in [0.2, 0.25) is 5.91 Å². The van der Waals surface area contributed by atoms with Crippen LogP contribution in [0.3, 0.4) is 0 Å². The van der Waals surface area contributed by atoms with Gasteiger partial charge in [0.25, 0.3) is 0 Å². The van der Waals surface area contributed by atoms with Gasteiger partial charge in [0.05, 0.1) is 5.75 Å². The highest BCUT2D eigenvalue weighted by molar-refractivity contribution is 7.99. The maximum atomic E-state index is 12.3. The Kier molecular flexibility index (Phi) is 6.20. The van der Waals surface area contributed by atoms with E-state index in [0.717, 1.165) is 27.7 Å². The highest BCUT2D eigenvalue weighted by atomic mass is 32.2. The molecule has 6 heteroatoms. The summed E-state index contributed by atoms with van der Waals surface area (Å²) in [5.74, 6) is 1.25. The van der Waals surface area contributed by atoms with E-state index in [1.165, 1.54) is 11.8 Å². The molecule has 0 radical (unpaired) electrons. The quantitative estimate of drug-likeness (QED) is 0.571. The molecule has 128 valence electrons. The number of rotatable bonds is 7. The lowest BCUT2D eigenvalue weighted by atomic mass is 10.1. The normalized spacial score (nSPS) is 10.7. The molecule has 0 saturated heterocycles. The predicted molar refractivity (Wildman–Crippen MR) is 99.0 cm³/mol. The Morgan fingerprint density at radius 3 is 2.67 bits per heavy atom. The Bertz CT molecular complexity index is 738. The summed E-state index contributed by atoms with van der Waals surface area (Å²) < 4.78 is 1.94. The molecule has 0 aliphatic carbocycles. The van der Waals surface area contributed by atoms with E-state index in [0.29, 0.717) is 18.8 Å². The predicted octanol–water partition coefficient (Wildman–Crippen LogP) is 3.31. The standard InChI is InChI=1S/C18H24N4OS/c1-6-22(11-13(2)3)16(23)12-24-18-20-19-17(21(18)5)15-10-8-7-9-14(15)4/h7-10H,2,6,11-12H2,1,3-5H3. The maximum Gasteiger partial charge on any atom is 0.233 e. The van der Waals surface area contributed by atoms with Crippen LogP contribution in [0.2, 0.25) is 0 Å². The number of carbonyl (C=O) groups excluding carboxylic acids is 1. The van der Waals surface area contributed by atoms with Crippen molar-refractivity contribution in [3.05, 3.63) is 42.0 Å². The lowest BCUT2D eigenvalue weighted by Gasteiger charge is -2.20. The number of benzene rings is 1. The fraction of sp³-hybridized carbons (Fsp3) is 0.389. The van der Waals surface area contributed by atoms with E-state index in [1.807, 2.05) is 43.7 Å². The number of nitrogens with zero attached hydrogens (tertiary/aromatic N) is 4. The van der Waals surface area contributed by atoms with Gasteiger partial charge in [-0.05, 0) is 26.3 Å². The Morgan fingerprint density at radius 1 is 1.33 bits per heavy atom. The molecular formula is C18H24N4OS. The van der Waals surface area contributed by atoms with Gasteiger partial charge in [-0.3, -0.25) is 4.79 Å². The van der Waals surface area contributed by atoms with Crippen LogP contribution in [0.5, 0.6) is 0 Å². The highest BCUT2D eigenvalue weighted by Gasteiger charge is 2.16. The molecular weight excluding hydrogens is 320 g/mol. The molecule has 1 heterocycles. The Balaban J connectivity index is 2.08. The van der Waals surface area contributed by atoms with Crippen LogP contribution >= 0.6 is 11.8 Å². The van der Waals surface area contributed by atoms with E-state index in [4.69, 9.17) is 0 Å². The van der Waals surface area contributed by atoms with Crippen molar-refractivity contribution < 1.29 is 4.79 Å². The molecule has 0 spiro atoms. The highest BCUT2D eigenvalue weighted by Crippen LogP contribution is 2.25. The smallest absolute Gasteiger partial charge is 0.233 e. The zero-order chi connectivity index (χ0) is 17.7. The second-order valence-electron chi connectivity index (χ2n) is 5.83. The molecule has 2 aromatic rings. The van der Waals surface area contributed by atoms with Crippen LogP contribution in [0.25, 0.3) is 11.4 Å². The van der Waals surface area contributed by atoms with E-state index in [-0.39, 0.29) is 5.91 Å². The number of hydrogen-bond acceptors (Lipinski definition) is 4. The average Bonchev–Trinajstić information content (AvgIpc) is 2.91. The molecule has 5 nitrogen and oxygen atoms in total. The molecule has 2 rings (SSSR count). The number of amides is 1. The first-order chi connectivity index (χ1) is 11.4. The summed E-state index contributed by atoms with van der Waals surface area (Å²) in [4.78, 5) is 14.1. The lowest BCUT2D eigenvalue weighted by molar-refractivity contribution is -0.127. The Labute approximate surface area is 147 Å². The molecule has 0 atom stereocenters. The number of hydrogen-bond donors (Lipinski definition) is 0. The molecule has 1 amide bonds. The van der Waals surface area contributed by atoms with Crippen LogP contribution in [-0.2, 0) is 11.8 Å². The van der Waals surface area contributed by atoms with Crippen molar-refractivity contribution in [1.29, 1.82) is 0 Å². The second-order valence-corrected chi connectivity index (χ2v) is 6.78. The number of aryl methyl sites for hydroxylation is 1. The third-order valence-electron chi connectivity index (χ3n) is 3.74. The van der Waals surface area contributed by atoms with E-state index in [1.54, 1.807) is 4.90 Å². The first-order valence-electron chi connectivity index (χ1n) is 7.94. The number of thioether (sulfide) groups is 1. The molecule has 1 aromatic carbocycles. The van der Waals surface area contributed by atoms with Crippen LogP contribution in [0, 0.1) is 6.92 Å². The van der Waals surface area contributed by atoms with Gasteiger partial charge in [-0.1, -0.05) is 48.2 Å². The lowest BCUT2D eigenvalue weighted by Crippen LogP contribution is -2.33. The number of aromatic nitrogens is 3. The van der Waals surface area contributed by atoms with Gasteiger partial charge in [0.15, 0.2) is 11.0 Å². The zero-order valence-corrected chi connectivity index (χ0v) is 15.6. The Morgan fingerprint density at radius 2 is 2.04 bits per heavy atom. The van der Waals surface area contributed by atoms with E-state index >= 15 is 0 Å². The SMILES string of the molecule is C=C(C)CN(CC)C(=O)CSc1nnc(-c2ccccc2C)n1C. The van der Waals surface area contributed by atoms with Crippen LogP contribution in [0.15, 0.2) is 41.6 Å². The topological polar surface area (TPSA) is 51.0 Å². The largest absolute Gasteiger partial charge is 0.338 e. The van der Waals surface area contributed by atoms with Crippen molar-refractivity contribution >= 4 is 17.7 Å². The third kappa shape index (κ3) is 4.26. The van der Waals surface area contributed by atoms with Gasteiger partial charge in [0, 0.05) is 25.7 Å². The van der Waals surface area contributed by atoms with Gasteiger partial charge in [-0.15, -0.1) is 10.2 Å². The minimum atomic E-state index is 0.0888. The Hall–Kier alpha value is -2.08. The van der Waals surface area contributed by atoms with Crippen molar-refractivity contribution in [3.63, 3.8) is 0 Å². The van der Waals surface area contributed by atoms with Gasteiger partial charge in [-0.2, -0.15) is 0 Å². The molecule has 0 fully saturated rings. The van der Waals surface area contributed by atoms with Gasteiger partial charge < -0.3 is 9.47 Å². The van der Waals surface area contributed by atoms with Crippen molar-refractivity contribution in [2.75, 3.05) is 18.8 Å². The van der Waals surface area contributed by atoms with Crippen molar-refractivity contribution in [1.82, 2.24) is 19.7 Å². The average molecular weight is 344 g/mol. The summed E-state index contributed by atoms with van der Waals surface area (Å²) in [6.07, 6.45) is 0. The minimum Gasteiger partial charge on any atom is -0.338 e. The molecule has 24 heavy (non-hydrogen) atoms. The van der Waals surface area contributed by atoms with Crippen LogP contribution < -0.4 is 0 Å². The number of carbonyl (C=O) groups is 1. The fourth-order valence-electron chi connectivity index (χ4n) is 2.42. The molecule has 0 unspecified atom stereocenters. The van der Waals surface area contributed by atoms with Crippen LogP contribution in [-0.4, -0.2) is 44.4 Å². The van der Waals surface area contributed by atoms with E-state index in [2.05, 4.69) is 29.8 Å². The summed E-state index contributed by atoms with van der Waals surface area (Å²) in [5.41, 5.74) is 3.19.